The third kappa shape index (κ3) is 4.53. The number of rotatable bonds is 7. The minimum Gasteiger partial charge on any atom is -0.348 e. The largest absolute Gasteiger partial charge is 0.348 e. The fourth-order valence-electron chi connectivity index (χ4n) is 3.70. The first-order valence-corrected chi connectivity index (χ1v) is 8.96. The number of unbranched alkanes of at least 4 members (excludes halogenated alkanes) is 1. The van der Waals surface area contributed by atoms with Crippen molar-refractivity contribution >= 4 is 18.1 Å². The highest BCUT2D eigenvalue weighted by atomic mass is 16.2. The van der Waals surface area contributed by atoms with Gasteiger partial charge in [0, 0.05) is 6.04 Å². The van der Waals surface area contributed by atoms with Crippen molar-refractivity contribution in [2.24, 2.45) is 0 Å². The van der Waals surface area contributed by atoms with Crippen LogP contribution in [0.5, 0.6) is 0 Å². The summed E-state index contributed by atoms with van der Waals surface area (Å²) in [6, 6.07) is -0.432. The predicted molar refractivity (Wildman–Crippen MR) is 87.9 cm³/mol. The molecule has 2 fully saturated rings. The van der Waals surface area contributed by atoms with Crippen molar-refractivity contribution in [1.29, 1.82) is 0 Å². The van der Waals surface area contributed by atoms with Crippen molar-refractivity contribution in [1.82, 2.24) is 15.5 Å². The second kappa shape index (κ2) is 9.01. The summed E-state index contributed by atoms with van der Waals surface area (Å²) < 4.78 is 0. The van der Waals surface area contributed by atoms with Crippen LogP contribution in [0.3, 0.4) is 0 Å². The Labute approximate surface area is 138 Å². The maximum Gasteiger partial charge on any atom is 0.243 e. The number of hydrogen-bond acceptors (Lipinski definition) is 4. The molecule has 2 saturated heterocycles. The molecule has 0 aromatic rings. The summed E-state index contributed by atoms with van der Waals surface area (Å²) in [5.41, 5.74) is 0. The number of carbonyl (C=O) groups excluding carboxylic acids is 3. The second-order valence-electron chi connectivity index (χ2n) is 6.55. The lowest BCUT2D eigenvalue weighted by molar-refractivity contribution is -0.142. The van der Waals surface area contributed by atoms with Gasteiger partial charge in [0.25, 0.3) is 0 Å². The van der Waals surface area contributed by atoms with E-state index in [-0.39, 0.29) is 30.4 Å². The maximum absolute atomic E-state index is 13.0. The van der Waals surface area contributed by atoms with Crippen molar-refractivity contribution in [3.05, 3.63) is 0 Å². The summed E-state index contributed by atoms with van der Waals surface area (Å²) in [4.78, 5) is 37.6. The molecule has 0 bridgehead atoms. The molecule has 6 nitrogen and oxygen atoms in total. The summed E-state index contributed by atoms with van der Waals surface area (Å²) in [7, 11) is 0. The number of nitrogens with one attached hydrogen (secondary N) is 2. The number of hydrogen-bond donors (Lipinski definition) is 2. The van der Waals surface area contributed by atoms with E-state index in [2.05, 4.69) is 17.6 Å². The van der Waals surface area contributed by atoms with Gasteiger partial charge in [0.1, 0.15) is 12.3 Å². The summed E-state index contributed by atoms with van der Waals surface area (Å²) in [5, 5.41) is 5.91. The van der Waals surface area contributed by atoms with Gasteiger partial charge < -0.3 is 20.3 Å². The van der Waals surface area contributed by atoms with E-state index in [1.54, 1.807) is 0 Å². The third-order valence-electron chi connectivity index (χ3n) is 4.92. The van der Waals surface area contributed by atoms with Gasteiger partial charge in [-0.05, 0) is 38.6 Å². The third-order valence-corrected chi connectivity index (χ3v) is 4.92. The quantitative estimate of drug-likeness (QED) is 0.685. The molecule has 1 unspecified atom stereocenters. The minimum absolute atomic E-state index is 0.0126. The first-order chi connectivity index (χ1) is 11.2. The Kier molecular flexibility index (Phi) is 7.02. The van der Waals surface area contributed by atoms with E-state index in [9.17, 15) is 14.4 Å². The van der Waals surface area contributed by atoms with Crippen LogP contribution < -0.4 is 10.6 Å². The molecule has 0 saturated carbocycles. The van der Waals surface area contributed by atoms with Gasteiger partial charge in [0.05, 0.1) is 12.6 Å². The highest BCUT2D eigenvalue weighted by Crippen LogP contribution is 2.29. The maximum atomic E-state index is 13.0. The van der Waals surface area contributed by atoms with Gasteiger partial charge in [0.15, 0.2) is 0 Å². The number of piperidine rings is 1. The van der Waals surface area contributed by atoms with Crippen molar-refractivity contribution < 1.29 is 14.4 Å². The number of likely N-dealkylation sites (tertiary alicyclic amines) is 1. The van der Waals surface area contributed by atoms with E-state index >= 15 is 0 Å². The number of nitrogens with zero attached hydrogens (tertiary/aromatic N) is 1. The summed E-state index contributed by atoms with van der Waals surface area (Å²) in [6.07, 6.45) is 8.35. The summed E-state index contributed by atoms with van der Waals surface area (Å²) >= 11 is 0. The second-order valence-corrected chi connectivity index (χ2v) is 6.55. The lowest BCUT2D eigenvalue weighted by Crippen LogP contribution is -2.56. The lowest BCUT2D eigenvalue weighted by Gasteiger charge is -2.34. The molecule has 0 aromatic heterocycles. The molecule has 23 heavy (non-hydrogen) atoms. The smallest absolute Gasteiger partial charge is 0.243 e. The fourth-order valence-corrected chi connectivity index (χ4v) is 3.70. The molecular weight excluding hydrogens is 294 g/mol. The molecule has 2 rings (SSSR count). The molecular formula is C17H29N3O3. The molecule has 130 valence electrons. The fraction of sp³-hybridized carbons (Fsp3) is 0.824. The van der Waals surface area contributed by atoms with Crippen LogP contribution in [0.4, 0.5) is 0 Å². The number of aldehydes is 1. The lowest BCUT2D eigenvalue weighted by atomic mass is 10.0. The van der Waals surface area contributed by atoms with Crippen molar-refractivity contribution in [3.8, 4) is 0 Å². The molecule has 0 spiro atoms. The topological polar surface area (TPSA) is 78.5 Å². The first kappa shape index (κ1) is 17.9. The zero-order valence-electron chi connectivity index (χ0n) is 14.1. The molecule has 2 aliphatic rings. The van der Waals surface area contributed by atoms with E-state index in [1.165, 1.54) is 0 Å². The Morgan fingerprint density at radius 1 is 1.26 bits per heavy atom. The van der Waals surface area contributed by atoms with E-state index in [0.717, 1.165) is 51.5 Å². The van der Waals surface area contributed by atoms with Crippen LogP contribution in [-0.2, 0) is 14.4 Å². The van der Waals surface area contributed by atoms with Gasteiger partial charge in [-0.3, -0.25) is 9.59 Å². The molecule has 2 N–H and O–H groups in total. The van der Waals surface area contributed by atoms with Gasteiger partial charge in [-0.1, -0.05) is 26.2 Å². The average molecular weight is 323 g/mol. The molecule has 2 aliphatic heterocycles. The zero-order valence-corrected chi connectivity index (χ0v) is 14.1. The van der Waals surface area contributed by atoms with Crippen LogP contribution in [0.25, 0.3) is 0 Å². The number of amides is 2. The molecule has 3 atom stereocenters. The molecule has 0 aliphatic carbocycles. The average Bonchev–Trinajstić information content (AvgIpc) is 3.01. The Hall–Kier alpha value is -1.43. The summed E-state index contributed by atoms with van der Waals surface area (Å²) in [6.45, 7) is 3.02. The molecule has 0 radical (unpaired) electrons. The SMILES string of the molecule is CCCC[C@H]1CC[C@@H](C(=O)NCC=O)N1C(=O)C1CCCCN1. The van der Waals surface area contributed by atoms with Crippen LogP contribution in [0, 0.1) is 0 Å². The Bertz CT molecular complexity index is 421. The van der Waals surface area contributed by atoms with E-state index in [0.29, 0.717) is 12.7 Å². The van der Waals surface area contributed by atoms with Gasteiger partial charge >= 0.3 is 0 Å². The molecule has 2 heterocycles. The highest BCUT2D eigenvalue weighted by Gasteiger charge is 2.42. The minimum atomic E-state index is -0.423. The van der Waals surface area contributed by atoms with E-state index in [1.807, 2.05) is 4.90 Å². The van der Waals surface area contributed by atoms with E-state index < -0.39 is 6.04 Å². The van der Waals surface area contributed by atoms with Gasteiger partial charge in [-0.25, -0.2) is 0 Å². The van der Waals surface area contributed by atoms with Crippen LogP contribution in [0.15, 0.2) is 0 Å². The van der Waals surface area contributed by atoms with Crippen molar-refractivity contribution in [2.45, 2.75) is 76.4 Å². The Balaban J connectivity index is 2.08. The van der Waals surface area contributed by atoms with Crippen molar-refractivity contribution in [3.63, 3.8) is 0 Å². The van der Waals surface area contributed by atoms with Crippen LogP contribution in [0.2, 0.25) is 0 Å². The zero-order chi connectivity index (χ0) is 16.7. The van der Waals surface area contributed by atoms with Crippen molar-refractivity contribution in [2.75, 3.05) is 13.1 Å². The van der Waals surface area contributed by atoms with Crippen LogP contribution in [-0.4, -0.2) is 54.2 Å². The summed E-state index contributed by atoms with van der Waals surface area (Å²) in [5.74, 6) is -0.130. The molecule has 2 amide bonds. The van der Waals surface area contributed by atoms with Crippen LogP contribution in [0.1, 0.15) is 58.3 Å². The Morgan fingerprint density at radius 3 is 2.74 bits per heavy atom. The highest BCUT2D eigenvalue weighted by molar-refractivity contribution is 5.91. The van der Waals surface area contributed by atoms with Crippen LogP contribution >= 0.6 is 0 Å². The Morgan fingerprint density at radius 2 is 2.09 bits per heavy atom. The standard InChI is InChI=1S/C17H29N3O3/c1-2-3-6-13-8-9-15(16(22)19-11-12-21)20(13)17(23)14-7-4-5-10-18-14/h12-15,18H,2-11H2,1H3,(H,19,22)/t13-,14?,15-/m0/s1. The molecule has 0 aromatic carbocycles. The van der Waals surface area contributed by atoms with E-state index in [4.69, 9.17) is 0 Å². The predicted octanol–water partition coefficient (Wildman–Crippen LogP) is 0.993. The number of carbonyl (C=O) groups is 3. The normalized spacial score (nSPS) is 27.7. The van der Waals surface area contributed by atoms with Gasteiger partial charge in [-0.2, -0.15) is 0 Å². The monoisotopic (exact) mass is 323 g/mol. The molecule has 6 heteroatoms. The van der Waals surface area contributed by atoms with Gasteiger partial charge in [0.2, 0.25) is 11.8 Å². The first-order valence-electron chi connectivity index (χ1n) is 8.96. The van der Waals surface area contributed by atoms with Gasteiger partial charge in [-0.15, -0.1) is 0 Å².